The first-order chi connectivity index (χ1) is 9.62. The molecule has 1 fully saturated rings. The molecule has 1 unspecified atom stereocenters. The maximum absolute atomic E-state index is 12.5. The van der Waals surface area contributed by atoms with E-state index in [0.29, 0.717) is 18.5 Å². The summed E-state index contributed by atoms with van der Waals surface area (Å²) >= 11 is 0. The minimum absolute atomic E-state index is 0.220. The monoisotopic (exact) mass is 302 g/mol. The first-order valence-corrected chi connectivity index (χ1v) is 6.66. The summed E-state index contributed by atoms with van der Waals surface area (Å²) in [5.74, 6) is -0.237. The third-order valence-corrected chi connectivity index (χ3v) is 3.55. The van der Waals surface area contributed by atoms with E-state index in [1.807, 2.05) is 0 Å². The van der Waals surface area contributed by atoms with Gasteiger partial charge in [0.25, 0.3) is 5.91 Å². The Labute approximate surface area is 120 Å². The van der Waals surface area contributed by atoms with Gasteiger partial charge in [0.1, 0.15) is 0 Å². The zero-order valence-corrected chi connectivity index (χ0v) is 11.8. The highest BCUT2D eigenvalue weighted by molar-refractivity contribution is 5.95. The smallest absolute Gasteiger partial charge is 0.379 e. The average molecular weight is 302 g/mol. The summed E-state index contributed by atoms with van der Waals surface area (Å²) in [6.45, 7) is 1.36. The number of pyridine rings is 1. The molecule has 1 heterocycles. The lowest BCUT2D eigenvalue weighted by Gasteiger charge is -2.26. The number of halogens is 3. The van der Waals surface area contributed by atoms with E-state index in [-0.39, 0.29) is 5.56 Å². The molecule has 0 radical (unpaired) electrons. The van der Waals surface area contributed by atoms with Crippen molar-refractivity contribution >= 4 is 5.91 Å². The van der Waals surface area contributed by atoms with Gasteiger partial charge in [-0.25, -0.2) is 0 Å². The summed E-state index contributed by atoms with van der Waals surface area (Å²) in [5, 5.41) is 11.4. The topological polar surface area (TPSA) is 62.2 Å². The highest BCUT2D eigenvalue weighted by Crippen LogP contribution is 2.39. The Hall–Kier alpha value is -1.63. The maximum atomic E-state index is 12.5. The fraction of sp³-hybridized carbons (Fsp3) is 0.571. The molecule has 1 aromatic rings. The molecule has 0 saturated heterocycles. The van der Waals surface area contributed by atoms with Gasteiger partial charge in [0, 0.05) is 11.6 Å². The number of rotatable bonds is 4. The standard InChI is InChI=1S/C14H17F3N2O2/c1-8-10(5-6-11(19-8)9-3-4-9)12(20)18-7-13(2,21)14(15,16)17/h5-6,9,21H,3-4,7H2,1-2H3,(H,18,20). The Bertz CT molecular complexity index is 552. The van der Waals surface area contributed by atoms with Crippen molar-refractivity contribution in [1.82, 2.24) is 10.3 Å². The molecule has 2 rings (SSSR count). The fourth-order valence-corrected chi connectivity index (χ4v) is 1.87. The largest absolute Gasteiger partial charge is 0.418 e. The predicted octanol–water partition coefficient (Wildman–Crippen LogP) is 2.31. The molecule has 0 bridgehead atoms. The highest BCUT2D eigenvalue weighted by Gasteiger charge is 2.49. The van der Waals surface area contributed by atoms with Crippen LogP contribution in [0, 0.1) is 6.92 Å². The lowest BCUT2D eigenvalue weighted by atomic mass is 10.1. The number of nitrogens with zero attached hydrogens (tertiary/aromatic N) is 1. The normalized spacial score (nSPS) is 18.2. The van der Waals surface area contributed by atoms with Gasteiger partial charge in [-0.05, 0) is 38.8 Å². The van der Waals surface area contributed by atoms with Crippen LogP contribution >= 0.6 is 0 Å². The van der Waals surface area contributed by atoms with E-state index in [2.05, 4.69) is 10.3 Å². The molecule has 1 aromatic heterocycles. The molecule has 1 saturated carbocycles. The number of aromatic nitrogens is 1. The van der Waals surface area contributed by atoms with Crippen LogP contribution in [0.25, 0.3) is 0 Å². The summed E-state index contributed by atoms with van der Waals surface area (Å²) < 4.78 is 37.5. The van der Waals surface area contributed by atoms with Crippen LogP contribution in [0.1, 0.15) is 47.4 Å². The molecule has 4 nitrogen and oxygen atoms in total. The van der Waals surface area contributed by atoms with Crippen molar-refractivity contribution in [2.45, 2.75) is 44.4 Å². The second-order valence-electron chi connectivity index (χ2n) is 5.60. The van der Waals surface area contributed by atoms with E-state index in [1.54, 1.807) is 19.1 Å². The number of hydrogen-bond acceptors (Lipinski definition) is 3. The highest BCUT2D eigenvalue weighted by atomic mass is 19.4. The zero-order chi connectivity index (χ0) is 15.8. The van der Waals surface area contributed by atoms with Crippen LogP contribution < -0.4 is 5.32 Å². The number of carbonyl (C=O) groups is 1. The van der Waals surface area contributed by atoms with Gasteiger partial charge in [-0.3, -0.25) is 9.78 Å². The van der Waals surface area contributed by atoms with Crippen molar-refractivity contribution < 1.29 is 23.1 Å². The number of carbonyl (C=O) groups excluding carboxylic acids is 1. The number of amides is 1. The molecule has 1 aliphatic rings. The Kier molecular flexibility index (Phi) is 3.97. The first-order valence-electron chi connectivity index (χ1n) is 6.66. The van der Waals surface area contributed by atoms with Gasteiger partial charge in [-0.15, -0.1) is 0 Å². The van der Waals surface area contributed by atoms with Gasteiger partial charge in [-0.1, -0.05) is 0 Å². The molecular formula is C14H17F3N2O2. The van der Waals surface area contributed by atoms with Crippen LogP contribution in [0.2, 0.25) is 0 Å². The van der Waals surface area contributed by atoms with Crippen molar-refractivity contribution in [3.8, 4) is 0 Å². The summed E-state index contributed by atoms with van der Waals surface area (Å²) in [4.78, 5) is 16.2. The summed E-state index contributed by atoms with van der Waals surface area (Å²) in [6, 6.07) is 3.29. The predicted molar refractivity (Wildman–Crippen MR) is 70.0 cm³/mol. The van der Waals surface area contributed by atoms with Crippen LogP contribution in [-0.4, -0.2) is 34.3 Å². The third-order valence-electron chi connectivity index (χ3n) is 3.55. The van der Waals surface area contributed by atoms with Crippen molar-refractivity contribution in [3.63, 3.8) is 0 Å². The molecule has 1 amide bonds. The Balaban J connectivity index is 2.04. The molecule has 2 N–H and O–H groups in total. The van der Waals surface area contributed by atoms with E-state index in [9.17, 15) is 23.1 Å². The minimum Gasteiger partial charge on any atom is -0.379 e. The van der Waals surface area contributed by atoms with Crippen LogP contribution in [0.3, 0.4) is 0 Å². The molecule has 1 aliphatic carbocycles. The number of aliphatic hydroxyl groups is 1. The average Bonchev–Trinajstić information content (AvgIpc) is 3.18. The summed E-state index contributed by atoms with van der Waals surface area (Å²) in [7, 11) is 0. The fourth-order valence-electron chi connectivity index (χ4n) is 1.87. The summed E-state index contributed by atoms with van der Waals surface area (Å²) in [6.07, 6.45) is -2.65. The molecule has 0 spiro atoms. The van der Waals surface area contributed by atoms with Crippen molar-refractivity contribution in [2.75, 3.05) is 6.54 Å². The SMILES string of the molecule is Cc1nc(C2CC2)ccc1C(=O)NCC(C)(O)C(F)(F)F. The van der Waals surface area contributed by atoms with E-state index >= 15 is 0 Å². The Morgan fingerprint density at radius 3 is 2.52 bits per heavy atom. The van der Waals surface area contributed by atoms with Gasteiger partial charge >= 0.3 is 6.18 Å². The molecule has 21 heavy (non-hydrogen) atoms. The zero-order valence-electron chi connectivity index (χ0n) is 11.8. The second kappa shape index (κ2) is 5.29. The van der Waals surface area contributed by atoms with Gasteiger partial charge in [0.2, 0.25) is 0 Å². The Morgan fingerprint density at radius 1 is 1.43 bits per heavy atom. The lowest BCUT2D eigenvalue weighted by molar-refractivity contribution is -0.249. The number of hydrogen-bond donors (Lipinski definition) is 2. The van der Waals surface area contributed by atoms with Gasteiger partial charge in [0.15, 0.2) is 5.60 Å². The quantitative estimate of drug-likeness (QED) is 0.897. The molecule has 0 aliphatic heterocycles. The van der Waals surface area contributed by atoms with Crippen molar-refractivity contribution in [3.05, 3.63) is 29.1 Å². The van der Waals surface area contributed by atoms with Crippen LogP contribution in [0.15, 0.2) is 12.1 Å². The van der Waals surface area contributed by atoms with Crippen LogP contribution in [0.5, 0.6) is 0 Å². The first kappa shape index (κ1) is 15.8. The molecule has 0 aromatic carbocycles. The second-order valence-corrected chi connectivity index (χ2v) is 5.60. The van der Waals surface area contributed by atoms with E-state index in [4.69, 9.17) is 0 Å². The van der Waals surface area contributed by atoms with Crippen LogP contribution in [-0.2, 0) is 0 Å². The van der Waals surface area contributed by atoms with E-state index in [0.717, 1.165) is 18.5 Å². The molecule has 7 heteroatoms. The van der Waals surface area contributed by atoms with Crippen LogP contribution in [0.4, 0.5) is 13.2 Å². The number of alkyl halides is 3. The molecular weight excluding hydrogens is 285 g/mol. The maximum Gasteiger partial charge on any atom is 0.418 e. The summed E-state index contributed by atoms with van der Waals surface area (Å²) in [5.41, 5.74) is -1.36. The minimum atomic E-state index is -4.80. The number of nitrogens with one attached hydrogen (secondary N) is 1. The lowest BCUT2D eigenvalue weighted by Crippen LogP contribution is -2.51. The van der Waals surface area contributed by atoms with Gasteiger partial charge in [0.05, 0.1) is 17.8 Å². The third kappa shape index (κ3) is 3.53. The van der Waals surface area contributed by atoms with Gasteiger partial charge in [-0.2, -0.15) is 13.2 Å². The number of aryl methyl sites for hydroxylation is 1. The van der Waals surface area contributed by atoms with Gasteiger partial charge < -0.3 is 10.4 Å². The van der Waals surface area contributed by atoms with Crippen molar-refractivity contribution in [2.24, 2.45) is 0 Å². The molecule has 116 valence electrons. The molecule has 1 atom stereocenters. The van der Waals surface area contributed by atoms with E-state index < -0.39 is 24.2 Å². The Morgan fingerprint density at radius 2 is 2.05 bits per heavy atom. The van der Waals surface area contributed by atoms with Crippen molar-refractivity contribution in [1.29, 1.82) is 0 Å². The van der Waals surface area contributed by atoms with E-state index in [1.165, 1.54) is 0 Å².